The van der Waals surface area contributed by atoms with Crippen molar-refractivity contribution in [1.29, 1.82) is 0 Å². The predicted octanol–water partition coefficient (Wildman–Crippen LogP) is 3.00. The van der Waals surface area contributed by atoms with E-state index in [1.807, 2.05) is 30.1 Å². The number of carbonyl (C=O) groups excluding carboxylic acids is 1. The molecule has 1 aliphatic rings. The van der Waals surface area contributed by atoms with Crippen LogP contribution in [0.3, 0.4) is 0 Å². The Morgan fingerprint density at radius 3 is 2.48 bits per heavy atom. The highest BCUT2D eigenvalue weighted by molar-refractivity contribution is 5.76. The molecule has 0 aromatic heterocycles. The van der Waals surface area contributed by atoms with Crippen LogP contribution in [0.5, 0.6) is 0 Å². The molecule has 0 unspecified atom stereocenters. The van der Waals surface area contributed by atoms with Crippen molar-refractivity contribution in [2.75, 3.05) is 13.6 Å². The lowest BCUT2D eigenvalue weighted by Gasteiger charge is -2.35. The molecular weight excluding hydrogens is 260 g/mol. The molecule has 0 atom stereocenters. The molecule has 1 aliphatic carbocycles. The summed E-state index contributed by atoms with van der Waals surface area (Å²) >= 11 is 0. The molecule has 0 spiro atoms. The van der Waals surface area contributed by atoms with Crippen LogP contribution in [0.1, 0.15) is 44.6 Å². The number of hydrogen-bond acceptors (Lipinski definition) is 2. The molecule has 1 fully saturated rings. The average molecular weight is 288 g/mol. The maximum atomic E-state index is 12.3. The van der Waals surface area contributed by atoms with Gasteiger partial charge in [0.2, 0.25) is 5.91 Å². The zero-order chi connectivity index (χ0) is 15.1. The highest BCUT2D eigenvalue weighted by atomic mass is 16.2. The molecule has 1 aromatic carbocycles. The smallest absolute Gasteiger partial charge is 0.222 e. The molecule has 0 saturated heterocycles. The third-order valence-electron chi connectivity index (χ3n) is 4.60. The fourth-order valence-electron chi connectivity index (χ4n) is 3.23. The Morgan fingerprint density at radius 2 is 1.86 bits per heavy atom. The summed E-state index contributed by atoms with van der Waals surface area (Å²) in [6.07, 6.45) is 6.10. The van der Waals surface area contributed by atoms with E-state index in [0.29, 0.717) is 18.5 Å². The number of nitrogens with one attached hydrogen (secondary N) is 1. The first kappa shape index (κ1) is 16.0. The van der Waals surface area contributed by atoms with Gasteiger partial charge >= 0.3 is 0 Å². The maximum absolute atomic E-state index is 12.3. The second kappa shape index (κ2) is 8.18. The van der Waals surface area contributed by atoms with Crippen molar-refractivity contribution < 1.29 is 4.79 Å². The summed E-state index contributed by atoms with van der Waals surface area (Å²) in [5.74, 6) is 0.283. The van der Waals surface area contributed by atoms with Gasteiger partial charge in [-0.3, -0.25) is 4.79 Å². The summed E-state index contributed by atoms with van der Waals surface area (Å²) < 4.78 is 0. The molecule has 0 aliphatic heterocycles. The van der Waals surface area contributed by atoms with Gasteiger partial charge in [0.05, 0.1) is 0 Å². The Morgan fingerprint density at radius 1 is 1.19 bits per heavy atom. The minimum atomic E-state index is 0.283. The average Bonchev–Trinajstić information content (AvgIpc) is 2.54. The fourth-order valence-corrected chi connectivity index (χ4v) is 3.23. The molecular formula is C18H28N2O. The van der Waals surface area contributed by atoms with Crippen LogP contribution in [-0.2, 0) is 11.2 Å². The van der Waals surface area contributed by atoms with Crippen molar-refractivity contribution in [3.8, 4) is 0 Å². The Balaban J connectivity index is 1.75. The quantitative estimate of drug-likeness (QED) is 0.873. The number of rotatable bonds is 6. The predicted molar refractivity (Wildman–Crippen MR) is 87.3 cm³/mol. The lowest BCUT2D eigenvalue weighted by molar-refractivity contribution is -0.132. The van der Waals surface area contributed by atoms with Crippen LogP contribution >= 0.6 is 0 Å². The Labute approximate surface area is 128 Å². The van der Waals surface area contributed by atoms with Crippen LogP contribution in [-0.4, -0.2) is 36.5 Å². The van der Waals surface area contributed by atoms with Gasteiger partial charge in [0.1, 0.15) is 0 Å². The minimum absolute atomic E-state index is 0.283. The molecule has 0 radical (unpaired) electrons. The van der Waals surface area contributed by atoms with Crippen molar-refractivity contribution >= 4 is 5.91 Å². The van der Waals surface area contributed by atoms with Gasteiger partial charge in [-0.25, -0.2) is 0 Å². The van der Waals surface area contributed by atoms with Gasteiger partial charge < -0.3 is 10.2 Å². The monoisotopic (exact) mass is 288 g/mol. The first-order valence-electron chi connectivity index (χ1n) is 8.23. The van der Waals surface area contributed by atoms with E-state index in [-0.39, 0.29) is 5.91 Å². The van der Waals surface area contributed by atoms with Crippen LogP contribution in [0, 0.1) is 0 Å². The SMILES string of the molecule is CCNC1CCC(N(C)C(=O)CCc2ccccc2)CC1. The first-order valence-corrected chi connectivity index (χ1v) is 8.23. The van der Waals surface area contributed by atoms with Gasteiger partial charge in [0.25, 0.3) is 0 Å². The zero-order valence-corrected chi connectivity index (χ0v) is 13.3. The minimum Gasteiger partial charge on any atom is -0.343 e. The highest BCUT2D eigenvalue weighted by Crippen LogP contribution is 2.23. The maximum Gasteiger partial charge on any atom is 0.222 e. The zero-order valence-electron chi connectivity index (χ0n) is 13.3. The highest BCUT2D eigenvalue weighted by Gasteiger charge is 2.25. The summed E-state index contributed by atoms with van der Waals surface area (Å²) in [6.45, 7) is 3.20. The largest absolute Gasteiger partial charge is 0.343 e. The van der Waals surface area contributed by atoms with Crippen molar-refractivity contribution in [1.82, 2.24) is 10.2 Å². The number of nitrogens with zero attached hydrogens (tertiary/aromatic N) is 1. The van der Waals surface area contributed by atoms with Gasteiger partial charge in [-0.1, -0.05) is 37.3 Å². The first-order chi connectivity index (χ1) is 10.2. The van der Waals surface area contributed by atoms with Crippen LogP contribution in [0.2, 0.25) is 0 Å². The second-order valence-corrected chi connectivity index (χ2v) is 6.05. The molecule has 1 N–H and O–H groups in total. The molecule has 21 heavy (non-hydrogen) atoms. The van der Waals surface area contributed by atoms with E-state index in [1.165, 1.54) is 18.4 Å². The lowest BCUT2D eigenvalue weighted by atomic mass is 9.90. The molecule has 2 rings (SSSR count). The number of aryl methyl sites for hydroxylation is 1. The number of hydrogen-bond donors (Lipinski definition) is 1. The molecule has 0 heterocycles. The third kappa shape index (κ3) is 4.85. The Hall–Kier alpha value is -1.35. The third-order valence-corrected chi connectivity index (χ3v) is 4.60. The fraction of sp³-hybridized carbons (Fsp3) is 0.611. The summed E-state index contributed by atoms with van der Waals surface area (Å²) in [6, 6.07) is 11.4. The summed E-state index contributed by atoms with van der Waals surface area (Å²) in [7, 11) is 1.98. The van der Waals surface area contributed by atoms with Crippen molar-refractivity contribution in [3.05, 3.63) is 35.9 Å². The van der Waals surface area contributed by atoms with E-state index in [9.17, 15) is 4.79 Å². The standard InChI is InChI=1S/C18H28N2O/c1-3-19-16-10-12-17(13-11-16)20(2)18(21)14-9-15-7-5-4-6-8-15/h4-8,16-17,19H,3,9-14H2,1-2H3. The van der Waals surface area contributed by atoms with Crippen molar-refractivity contribution in [2.24, 2.45) is 0 Å². The van der Waals surface area contributed by atoms with Gasteiger partial charge in [0, 0.05) is 25.6 Å². The number of carbonyl (C=O) groups is 1. The van der Waals surface area contributed by atoms with Gasteiger partial charge in [-0.15, -0.1) is 0 Å². The molecule has 1 amide bonds. The van der Waals surface area contributed by atoms with E-state index in [1.54, 1.807) is 0 Å². The molecule has 1 aromatic rings. The van der Waals surface area contributed by atoms with Gasteiger partial charge in [0.15, 0.2) is 0 Å². The van der Waals surface area contributed by atoms with Crippen LogP contribution in [0.4, 0.5) is 0 Å². The van der Waals surface area contributed by atoms with Crippen LogP contribution in [0.25, 0.3) is 0 Å². The van der Waals surface area contributed by atoms with Gasteiger partial charge in [-0.2, -0.15) is 0 Å². The van der Waals surface area contributed by atoms with E-state index < -0.39 is 0 Å². The number of amides is 1. The normalized spacial score (nSPS) is 22.0. The lowest BCUT2D eigenvalue weighted by Crippen LogP contribution is -2.43. The van der Waals surface area contributed by atoms with Gasteiger partial charge in [-0.05, 0) is 44.2 Å². The molecule has 0 bridgehead atoms. The van der Waals surface area contributed by atoms with E-state index >= 15 is 0 Å². The molecule has 3 nitrogen and oxygen atoms in total. The summed E-state index contributed by atoms with van der Waals surface area (Å²) in [5.41, 5.74) is 1.25. The van der Waals surface area contributed by atoms with Crippen LogP contribution in [0.15, 0.2) is 30.3 Å². The second-order valence-electron chi connectivity index (χ2n) is 6.05. The van der Waals surface area contributed by atoms with E-state index in [4.69, 9.17) is 0 Å². The summed E-state index contributed by atoms with van der Waals surface area (Å²) in [4.78, 5) is 14.3. The molecule has 116 valence electrons. The van der Waals surface area contributed by atoms with Crippen LogP contribution < -0.4 is 5.32 Å². The van der Waals surface area contributed by atoms with E-state index in [2.05, 4.69) is 24.4 Å². The van der Waals surface area contributed by atoms with Crippen molar-refractivity contribution in [3.63, 3.8) is 0 Å². The Bertz CT molecular complexity index is 424. The van der Waals surface area contributed by atoms with Crippen molar-refractivity contribution in [2.45, 2.75) is 57.5 Å². The van der Waals surface area contributed by atoms with E-state index in [0.717, 1.165) is 25.8 Å². The Kier molecular flexibility index (Phi) is 6.24. The topological polar surface area (TPSA) is 32.3 Å². The molecule has 3 heteroatoms. The number of benzene rings is 1. The molecule has 1 saturated carbocycles. The summed E-state index contributed by atoms with van der Waals surface area (Å²) in [5, 5.41) is 3.52.